The highest BCUT2D eigenvalue weighted by molar-refractivity contribution is 7.91. The number of aryl methyl sites for hydroxylation is 1. The zero-order valence-electron chi connectivity index (χ0n) is 13.4. The molecule has 0 saturated heterocycles. The van der Waals surface area contributed by atoms with Gasteiger partial charge in [0.1, 0.15) is 15.7 Å². The predicted molar refractivity (Wildman–Crippen MR) is 92.6 cm³/mol. The number of nitrogens with one attached hydrogen (secondary N) is 1. The number of hydrogen-bond donors (Lipinski definition) is 1. The van der Waals surface area contributed by atoms with Crippen molar-refractivity contribution in [1.82, 2.24) is 4.72 Å². The van der Waals surface area contributed by atoms with Crippen LogP contribution < -0.4 is 14.2 Å². The second-order valence-corrected chi connectivity index (χ2v) is 9.08. The van der Waals surface area contributed by atoms with Crippen LogP contribution >= 0.6 is 11.3 Å². The number of sulfonamides is 1. The molecule has 7 heteroatoms. The predicted octanol–water partition coefficient (Wildman–Crippen LogP) is 2.66. The maximum atomic E-state index is 12.6. The molecule has 0 amide bonds. The first-order chi connectivity index (χ1) is 11.6. The molecule has 0 saturated carbocycles. The molecule has 0 spiro atoms. The molecule has 0 radical (unpaired) electrons. The van der Waals surface area contributed by atoms with Gasteiger partial charge in [-0.2, -0.15) is 0 Å². The van der Waals surface area contributed by atoms with Gasteiger partial charge in [0.05, 0.1) is 13.2 Å². The molecule has 0 aliphatic carbocycles. The van der Waals surface area contributed by atoms with Crippen LogP contribution in [0.25, 0.3) is 0 Å². The van der Waals surface area contributed by atoms with Crippen LogP contribution in [0.5, 0.6) is 11.5 Å². The zero-order chi connectivity index (χ0) is 16.7. The molecule has 1 N–H and O–H groups in total. The van der Waals surface area contributed by atoms with E-state index in [0.717, 1.165) is 52.3 Å². The number of rotatable bonds is 5. The minimum Gasteiger partial charge on any atom is -0.493 e. The molecule has 24 heavy (non-hydrogen) atoms. The van der Waals surface area contributed by atoms with Crippen molar-refractivity contribution >= 4 is 21.4 Å². The van der Waals surface area contributed by atoms with Gasteiger partial charge in [0.15, 0.2) is 0 Å². The summed E-state index contributed by atoms with van der Waals surface area (Å²) in [5.41, 5.74) is 3.10. The van der Waals surface area contributed by atoms with Gasteiger partial charge in [-0.25, -0.2) is 13.1 Å². The van der Waals surface area contributed by atoms with Gasteiger partial charge in [-0.05, 0) is 24.6 Å². The minimum absolute atomic E-state index is 0.233. The molecule has 2 aliphatic heterocycles. The van der Waals surface area contributed by atoms with Crippen molar-refractivity contribution in [2.45, 2.75) is 36.9 Å². The van der Waals surface area contributed by atoms with E-state index in [2.05, 4.69) is 4.72 Å². The van der Waals surface area contributed by atoms with Gasteiger partial charge in [-0.1, -0.05) is 6.92 Å². The molecule has 2 aliphatic rings. The fraction of sp³-hybridized carbons (Fsp3) is 0.412. The second kappa shape index (κ2) is 6.06. The maximum absolute atomic E-state index is 12.6. The molecule has 0 fully saturated rings. The molecule has 5 nitrogen and oxygen atoms in total. The molecule has 0 bridgehead atoms. The lowest BCUT2D eigenvalue weighted by Crippen LogP contribution is -2.23. The summed E-state index contributed by atoms with van der Waals surface area (Å²) in [6.45, 7) is 3.53. The zero-order valence-corrected chi connectivity index (χ0v) is 15.1. The summed E-state index contributed by atoms with van der Waals surface area (Å²) < 4.78 is 39.6. The van der Waals surface area contributed by atoms with Crippen molar-refractivity contribution < 1.29 is 17.9 Å². The van der Waals surface area contributed by atoms with E-state index in [-0.39, 0.29) is 6.54 Å². The molecular weight excluding hydrogens is 346 g/mol. The number of ether oxygens (including phenoxy) is 2. The fourth-order valence-electron chi connectivity index (χ4n) is 3.20. The quantitative estimate of drug-likeness (QED) is 0.885. The molecule has 0 atom stereocenters. The van der Waals surface area contributed by atoms with E-state index in [1.807, 2.05) is 19.1 Å². The Hall–Kier alpha value is -1.57. The normalized spacial score (nSPS) is 15.7. The first-order valence-corrected chi connectivity index (χ1v) is 10.4. The smallest absolute Gasteiger partial charge is 0.250 e. The molecule has 1 aromatic carbocycles. The lowest BCUT2D eigenvalue weighted by Gasteiger charge is -2.13. The molecule has 0 unspecified atom stereocenters. The summed E-state index contributed by atoms with van der Waals surface area (Å²) in [5.74, 6) is 1.71. The minimum atomic E-state index is -3.51. The number of hydrogen-bond acceptors (Lipinski definition) is 5. The van der Waals surface area contributed by atoms with E-state index in [1.165, 1.54) is 11.3 Å². The summed E-state index contributed by atoms with van der Waals surface area (Å²) in [7, 11) is -3.51. The Balaban J connectivity index is 1.62. The topological polar surface area (TPSA) is 64.6 Å². The Kier molecular flexibility index (Phi) is 4.02. The Labute approximate surface area is 145 Å². The second-order valence-electron chi connectivity index (χ2n) is 5.92. The largest absolute Gasteiger partial charge is 0.493 e. The van der Waals surface area contributed by atoms with Crippen LogP contribution in [-0.4, -0.2) is 21.6 Å². The van der Waals surface area contributed by atoms with Gasteiger partial charge in [0.25, 0.3) is 0 Å². The van der Waals surface area contributed by atoms with E-state index in [9.17, 15) is 8.42 Å². The van der Waals surface area contributed by atoms with Crippen molar-refractivity contribution in [3.05, 3.63) is 39.8 Å². The summed E-state index contributed by atoms with van der Waals surface area (Å²) >= 11 is 1.32. The summed E-state index contributed by atoms with van der Waals surface area (Å²) in [6, 6.07) is 5.58. The van der Waals surface area contributed by atoms with Gasteiger partial charge in [-0.3, -0.25) is 0 Å². The van der Waals surface area contributed by atoms with E-state index >= 15 is 0 Å². The third kappa shape index (κ3) is 2.70. The first kappa shape index (κ1) is 15.9. The maximum Gasteiger partial charge on any atom is 0.250 e. The highest BCUT2D eigenvalue weighted by Gasteiger charge is 2.27. The van der Waals surface area contributed by atoms with Gasteiger partial charge in [0.2, 0.25) is 10.0 Å². The summed E-state index contributed by atoms with van der Waals surface area (Å²) in [6.07, 6.45) is 2.48. The van der Waals surface area contributed by atoms with Gasteiger partial charge < -0.3 is 9.47 Å². The Bertz CT molecular complexity index is 854. The first-order valence-electron chi connectivity index (χ1n) is 8.10. The van der Waals surface area contributed by atoms with Crippen molar-refractivity contribution in [3.63, 3.8) is 0 Å². The molecule has 128 valence electrons. The molecule has 1 aromatic heterocycles. The average Bonchev–Trinajstić information content (AvgIpc) is 3.29. The van der Waals surface area contributed by atoms with E-state index in [4.69, 9.17) is 9.47 Å². The molecule has 2 aromatic rings. The molecule has 4 rings (SSSR count). The monoisotopic (exact) mass is 365 g/mol. The molecule has 3 heterocycles. The lowest BCUT2D eigenvalue weighted by molar-refractivity contribution is 0.352. The Morgan fingerprint density at radius 3 is 2.83 bits per heavy atom. The van der Waals surface area contributed by atoms with Gasteiger partial charge in [-0.15, -0.1) is 11.3 Å². The third-order valence-electron chi connectivity index (χ3n) is 4.45. The Morgan fingerprint density at radius 1 is 1.21 bits per heavy atom. The van der Waals surface area contributed by atoms with Crippen molar-refractivity contribution in [2.24, 2.45) is 0 Å². The van der Waals surface area contributed by atoms with Crippen molar-refractivity contribution in [1.29, 1.82) is 0 Å². The van der Waals surface area contributed by atoms with Crippen LogP contribution in [0.2, 0.25) is 0 Å². The van der Waals surface area contributed by atoms with Crippen molar-refractivity contribution in [3.8, 4) is 11.5 Å². The van der Waals surface area contributed by atoms with Crippen LogP contribution in [0, 0.1) is 0 Å². The van der Waals surface area contributed by atoms with Crippen LogP contribution in [0.15, 0.2) is 22.4 Å². The highest BCUT2D eigenvalue weighted by atomic mass is 32.2. The third-order valence-corrected chi connectivity index (χ3v) is 7.57. The highest BCUT2D eigenvalue weighted by Crippen LogP contribution is 2.40. The van der Waals surface area contributed by atoms with E-state index in [1.54, 1.807) is 6.07 Å². The van der Waals surface area contributed by atoms with Crippen LogP contribution in [0.1, 0.15) is 28.5 Å². The van der Waals surface area contributed by atoms with Gasteiger partial charge in [0, 0.05) is 41.0 Å². The Morgan fingerprint density at radius 2 is 2.04 bits per heavy atom. The van der Waals surface area contributed by atoms with Crippen LogP contribution in [0.3, 0.4) is 0 Å². The number of thiophene rings is 1. The van der Waals surface area contributed by atoms with Crippen molar-refractivity contribution in [2.75, 3.05) is 13.2 Å². The van der Waals surface area contributed by atoms with Gasteiger partial charge >= 0.3 is 0 Å². The standard InChI is InChI=1S/C17H19NO4S2/c1-2-12-3-4-16(23-12)24(19,20)18-10-14-13-6-8-21-15(13)9-11-5-7-22-17(11)14/h3-4,9,18H,2,5-8,10H2,1H3. The number of benzene rings is 1. The SMILES string of the molecule is CCc1ccc(S(=O)(=O)NCc2c3c(cc4c2OCC4)OCC3)s1. The summed E-state index contributed by atoms with van der Waals surface area (Å²) in [5, 5.41) is 0. The van der Waals surface area contributed by atoms with Crippen LogP contribution in [0.4, 0.5) is 0 Å². The lowest BCUT2D eigenvalue weighted by atomic mass is 10.00. The average molecular weight is 365 g/mol. The fourth-order valence-corrected chi connectivity index (χ4v) is 5.54. The van der Waals surface area contributed by atoms with E-state index in [0.29, 0.717) is 17.4 Å². The van der Waals surface area contributed by atoms with Crippen LogP contribution in [-0.2, 0) is 35.8 Å². The number of fused-ring (bicyclic) bond motifs is 2. The summed E-state index contributed by atoms with van der Waals surface area (Å²) in [4.78, 5) is 1.06. The van der Waals surface area contributed by atoms with E-state index < -0.39 is 10.0 Å². The molecular formula is C17H19NO4S2.